The zero-order valence-electron chi connectivity index (χ0n) is 14.2. The highest BCUT2D eigenvalue weighted by molar-refractivity contribution is 7.90. The summed E-state index contributed by atoms with van der Waals surface area (Å²) in [5.74, 6) is -0.935. The molecule has 0 aliphatic carbocycles. The number of aryl methyl sites for hydroxylation is 1. The fourth-order valence-electron chi connectivity index (χ4n) is 2.92. The number of benzene rings is 2. The number of nitrogens with two attached hydrogens (primary N) is 2. The zero-order valence-corrected chi connectivity index (χ0v) is 15.8. The summed E-state index contributed by atoms with van der Waals surface area (Å²) in [6.45, 7) is 0. The minimum Gasteiger partial charge on any atom is -0.481 e. The van der Waals surface area contributed by atoms with Crippen LogP contribution in [0.3, 0.4) is 0 Å². The second-order valence-corrected chi connectivity index (χ2v) is 8.37. The van der Waals surface area contributed by atoms with E-state index >= 15 is 0 Å². The summed E-state index contributed by atoms with van der Waals surface area (Å²) < 4.78 is 27.8. The molecule has 3 aromatic rings. The predicted octanol–water partition coefficient (Wildman–Crippen LogP) is 3.10. The minimum atomic E-state index is -3.97. The van der Waals surface area contributed by atoms with Gasteiger partial charge in [-0.2, -0.15) is 0 Å². The Morgan fingerprint density at radius 2 is 1.81 bits per heavy atom. The molecule has 0 atom stereocenters. The number of aliphatic carboxylic acids is 1. The van der Waals surface area contributed by atoms with Crippen molar-refractivity contribution in [1.82, 2.24) is 3.97 Å². The van der Waals surface area contributed by atoms with Crippen LogP contribution in [0.15, 0.2) is 47.4 Å². The molecule has 0 radical (unpaired) electrons. The number of aromatic nitrogens is 1. The average molecular weight is 408 g/mol. The number of hydrogen-bond donors (Lipinski definition) is 3. The minimum absolute atomic E-state index is 0.00105. The summed E-state index contributed by atoms with van der Waals surface area (Å²) in [5, 5.41) is 9.99. The van der Waals surface area contributed by atoms with E-state index in [4.69, 9.17) is 28.2 Å². The number of fused-ring (bicyclic) bond motifs is 1. The zero-order chi connectivity index (χ0) is 19.8. The van der Waals surface area contributed by atoms with E-state index in [0.717, 1.165) is 0 Å². The summed E-state index contributed by atoms with van der Waals surface area (Å²) >= 11 is 6.03. The third kappa shape index (κ3) is 3.72. The van der Waals surface area contributed by atoms with E-state index in [1.54, 1.807) is 24.3 Å². The maximum atomic E-state index is 13.3. The molecule has 0 saturated heterocycles. The SMILES string of the molecule is Nc1ccc(S(=O)(=O)n2c(CCCC(=O)O)cc3cc(Cl)ccc32)cc1N. The Bertz CT molecular complexity index is 1140. The van der Waals surface area contributed by atoms with Crippen molar-refractivity contribution in [2.45, 2.75) is 24.2 Å². The molecule has 0 aliphatic heterocycles. The van der Waals surface area contributed by atoms with Gasteiger partial charge in [0.1, 0.15) is 0 Å². The highest BCUT2D eigenvalue weighted by Crippen LogP contribution is 2.30. The molecule has 0 saturated carbocycles. The molecule has 0 amide bonds. The number of anilines is 2. The van der Waals surface area contributed by atoms with E-state index in [-0.39, 0.29) is 23.4 Å². The first-order valence-electron chi connectivity index (χ1n) is 8.12. The van der Waals surface area contributed by atoms with Gasteiger partial charge in [0, 0.05) is 22.5 Å². The van der Waals surface area contributed by atoms with Gasteiger partial charge in [-0.3, -0.25) is 4.79 Å². The summed E-state index contributed by atoms with van der Waals surface area (Å²) in [5.41, 5.74) is 12.9. The number of rotatable bonds is 6. The van der Waals surface area contributed by atoms with Crippen molar-refractivity contribution in [3.05, 3.63) is 53.2 Å². The fraction of sp³-hybridized carbons (Fsp3) is 0.167. The summed E-state index contributed by atoms with van der Waals surface area (Å²) in [7, 11) is -3.97. The van der Waals surface area contributed by atoms with Crippen LogP contribution in [0.2, 0.25) is 5.02 Å². The highest BCUT2D eigenvalue weighted by Gasteiger charge is 2.23. The molecule has 3 rings (SSSR count). The molecule has 2 aromatic carbocycles. The number of carboxylic acid groups (broad SMARTS) is 1. The van der Waals surface area contributed by atoms with E-state index in [1.807, 2.05) is 0 Å². The Labute approximate surface area is 161 Å². The fourth-order valence-corrected chi connectivity index (χ4v) is 4.70. The third-order valence-corrected chi connectivity index (χ3v) is 6.21. The molecule has 1 aromatic heterocycles. The Kier molecular flexibility index (Phi) is 5.03. The lowest BCUT2D eigenvalue weighted by molar-refractivity contribution is -0.137. The van der Waals surface area contributed by atoms with Gasteiger partial charge >= 0.3 is 5.97 Å². The number of carboxylic acids is 1. The maximum absolute atomic E-state index is 13.3. The second-order valence-electron chi connectivity index (χ2n) is 6.15. The molecule has 142 valence electrons. The Morgan fingerprint density at radius 1 is 1.07 bits per heavy atom. The van der Waals surface area contributed by atoms with Crippen LogP contribution in [0, 0.1) is 0 Å². The van der Waals surface area contributed by atoms with Gasteiger partial charge in [-0.05, 0) is 55.3 Å². The first-order chi connectivity index (χ1) is 12.7. The van der Waals surface area contributed by atoms with Gasteiger partial charge in [0.2, 0.25) is 0 Å². The van der Waals surface area contributed by atoms with Crippen molar-refractivity contribution < 1.29 is 18.3 Å². The first kappa shape index (κ1) is 19.1. The van der Waals surface area contributed by atoms with Gasteiger partial charge in [0.15, 0.2) is 0 Å². The number of hydrogen-bond acceptors (Lipinski definition) is 5. The molecule has 5 N–H and O–H groups in total. The monoisotopic (exact) mass is 407 g/mol. The van der Waals surface area contributed by atoms with Crippen LogP contribution in [0.4, 0.5) is 11.4 Å². The lowest BCUT2D eigenvalue weighted by atomic mass is 10.2. The molecular weight excluding hydrogens is 390 g/mol. The van der Waals surface area contributed by atoms with E-state index < -0.39 is 16.0 Å². The molecule has 0 bridgehead atoms. The lowest BCUT2D eigenvalue weighted by Gasteiger charge is -2.13. The number of nitrogen functional groups attached to an aromatic ring is 2. The molecular formula is C18H18ClN3O4S. The highest BCUT2D eigenvalue weighted by atomic mass is 35.5. The van der Waals surface area contributed by atoms with Crippen LogP contribution in [0.1, 0.15) is 18.5 Å². The van der Waals surface area contributed by atoms with Crippen molar-refractivity contribution in [3.8, 4) is 0 Å². The quantitative estimate of drug-likeness (QED) is 0.538. The summed E-state index contributed by atoms with van der Waals surface area (Å²) in [6, 6.07) is 10.7. The second kappa shape index (κ2) is 7.13. The average Bonchev–Trinajstić information content (AvgIpc) is 2.94. The standard InChI is InChI=1S/C18H18ClN3O4S/c19-12-4-7-17-11(8-12)9-13(2-1-3-18(23)24)22(17)27(25,26)14-5-6-15(20)16(21)10-14/h4-10H,1-3,20-21H2,(H,23,24). The van der Waals surface area contributed by atoms with Crippen LogP contribution >= 0.6 is 11.6 Å². The van der Waals surface area contributed by atoms with Crippen LogP contribution in [-0.2, 0) is 21.2 Å². The molecule has 0 spiro atoms. The van der Waals surface area contributed by atoms with Crippen molar-refractivity contribution in [1.29, 1.82) is 0 Å². The smallest absolute Gasteiger partial charge is 0.303 e. The Balaban J connectivity index is 2.17. The number of nitrogens with zero attached hydrogens (tertiary/aromatic N) is 1. The number of halogens is 1. The molecule has 0 unspecified atom stereocenters. The van der Waals surface area contributed by atoms with E-state index in [1.165, 1.54) is 22.2 Å². The van der Waals surface area contributed by atoms with E-state index in [0.29, 0.717) is 33.7 Å². The van der Waals surface area contributed by atoms with E-state index in [9.17, 15) is 13.2 Å². The van der Waals surface area contributed by atoms with Crippen LogP contribution in [0.5, 0.6) is 0 Å². The van der Waals surface area contributed by atoms with Gasteiger partial charge in [0.05, 0.1) is 21.8 Å². The van der Waals surface area contributed by atoms with Gasteiger partial charge in [0.25, 0.3) is 10.0 Å². The van der Waals surface area contributed by atoms with Crippen molar-refractivity contribution in [2.75, 3.05) is 11.5 Å². The third-order valence-electron chi connectivity index (χ3n) is 4.21. The van der Waals surface area contributed by atoms with Gasteiger partial charge in [-0.25, -0.2) is 12.4 Å². The van der Waals surface area contributed by atoms with Crippen LogP contribution < -0.4 is 11.5 Å². The molecule has 9 heteroatoms. The topological polar surface area (TPSA) is 128 Å². The number of carbonyl (C=O) groups is 1. The molecule has 1 heterocycles. The van der Waals surface area contributed by atoms with Crippen molar-refractivity contribution in [2.24, 2.45) is 0 Å². The van der Waals surface area contributed by atoms with Gasteiger partial charge < -0.3 is 16.6 Å². The molecule has 27 heavy (non-hydrogen) atoms. The Morgan fingerprint density at radius 3 is 2.48 bits per heavy atom. The Hall–Kier alpha value is -2.71. The predicted molar refractivity (Wildman–Crippen MR) is 105 cm³/mol. The summed E-state index contributed by atoms with van der Waals surface area (Å²) in [6.07, 6.45) is 0.526. The summed E-state index contributed by atoms with van der Waals surface area (Å²) in [4.78, 5) is 10.8. The molecule has 0 fully saturated rings. The van der Waals surface area contributed by atoms with Crippen molar-refractivity contribution in [3.63, 3.8) is 0 Å². The van der Waals surface area contributed by atoms with Crippen molar-refractivity contribution >= 4 is 49.9 Å². The van der Waals surface area contributed by atoms with Crippen LogP contribution in [0.25, 0.3) is 10.9 Å². The largest absolute Gasteiger partial charge is 0.481 e. The van der Waals surface area contributed by atoms with E-state index in [2.05, 4.69) is 0 Å². The van der Waals surface area contributed by atoms with Crippen LogP contribution in [-0.4, -0.2) is 23.5 Å². The normalized spacial score (nSPS) is 11.7. The van der Waals surface area contributed by atoms with Gasteiger partial charge in [-0.15, -0.1) is 0 Å². The molecule has 0 aliphatic rings. The lowest BCUT2D eigenvalue weighted by Crippen LogP contribution is -2.16. The first-order valence-corrected chi connectivity index (χ1v) is 9.94. The van der Waals surface area contributed by atoms with Gasteiger partial charge in [-0.1, -0.05) is 11.6 Å². The molecule has 7 nitrogen and oxygen atoms in total. The maximum Gasteiger partial charge on any atom is 0.303 e.